The predicted octanol–water partition coefficient (Wildman–Crippen LogP) is 10.2. The Bertz CT molecular complexity index is 1670. The molecule has 0 spiro atoms. The average Bonchev–Trinajstić information content (AvgIpc) is 2.96. The molecule has 0 nitrogen and oxygen atoms in total. The summed E-state index contributed by atoms with van der Waals surface area (Å²) in [6, 6.07) is 48.6. The van der Waals surface area contributed by atoms with Crippen molar-refractivity contribution in [3.63, 3.8) is 0 Å². The van der Waals surface area contributed by atoms with Gasteiger partial charge in [0.25, 0.3) is 0 Å². The van der Waals surface area contributed by atoms with Gasteiger partial charge in [0.05, 0.1) is 0 Å². The molecule has 0 heterocycles. The van der Waals surface area contributed by atoms with Gasteiger partial charge < -0.3 is 0 Å². The number of benzene rings is 7. The van der Waals surface area contributed by atoms with Gasteiger partial charge in [-0.1, -0.05) is 121 Å². The van der Waals surface area contributed by atoms with Crippen LogP contribution in [0.2, 0.25) is 4.63 Å². The quantitative estimate of drug-likeness (QED) is 0.163. The van der Waals surface area contributed by atoms with Crippen molar-refractivity contribution in [3.8, 4) is 22.3 Å². The van der Waals surface area contributed by atoms with Crippen molar-refractivity contribution in [2.24, 2.45) is 0 Å². The van der Waals surface area contributed by atoms with E-state index in [-0.39, 0.29) is 0 Å². The van der Waals surface area contributed by atoms with Gasteiger partial charge >= 0.3 is 29.4 Å². The third-order valence-electron chi connectivity index (χ3n) is 7.01. The third kappa shape index (κ3) is 3.89. The number of hydrogen-bond acceptors (Lipinski definition) is 0. The maximum atomic E-state index is 2.33. The summed E-state index contributed by atoms with van der Waals surface area (Å²) in [7, 11) is 0. The molecule has 0 saturated carbocycles. The van der Waals surface area contributed by atoms with Gasteiger partial charge in [-0.3, -0.25) is 0 Å². The Morgan fingerprint density at radius 3 is 1.00 bits per heavy atom. The maximum Gasteiger partial charge on any atom is -0.00262 e. The Balaban J connectivity index is 0.00000117. The predicted molar refractivity (Wildman–Crippen MR) is 153 cm³/mol. The van der Waals surface area contributed by atoms with Crippen LogP contribution in [0.15, 0.2) is 133 Å². The van der Waals surface area contributed by atoms with Crippen molar-refractivity contribution in [1.82, 2.24) is 0 Å². The maximum absolute atomic E-state index is 2.33. The SMILES string of the molecule is C[At].c1ccc2cc(-c3c4ccccc4c(-c4ccc5ccccc5c4)c4ccccc34)ccc2c1. The van der Waals surface area contributed by atoms with E-state index in [9.17, 15) is 0 Å². The van der Waals surface area contributed by atoms with Gasteiger partial charge in [-0.15, -0.1) is 0 Å². The topological polar surface area (TPSA) is 0 Å². The minimum atomic E-state index is 1.26. The van der Waals surface area contributed by atoms with Gasteiger partial charge in [-0.25, -0.2) is 0 Å². The monoisotopic (exact) mass is 655 g/mol. The summed E-state index contributed by atoms with van der Waals surface area (Å²) in [5.74, 6) is 0. The number of rotatable bonds is 2. The molecule has 0 aliphatic heterocycles. The summed E-state index contributed by atoms with van der Waals surface area (Å²) in [4.78, 5) is 0. The van der Waals surface area contributed by atoms with Gasteiger partial charge in [-0.05, 0) is 77.5 Å². The largest absolute Gasteiger partial charge is 0.0616 e. The molecule has 0 aliphatic carbocycles. The molecule has 0 fully saturated rings. The normalized spacial score (nSPS) is 11.1. The Labute approximate surface area is 227 Å². The van der Waals surface area contributed by atoms with Crippen LogP contribution in [0.1, 0.15) is 0 Å². The molecule has 7 aromatic carbocycles. The van der Waals surface area contributed by atoms with Crippen molar-refractivity contribution in [3.05, 3.63) is 133 Å². The first kappa shape index (κ1) is 22.9. The molecular weight excluding hydrogens is 630 g/mol. The van der Waals surface area contributed by atoms with Gasteiger partial charge in [-0.2, -0.15) is 0 Å². The Hall–Kier alpha value is -3.54. The summed E-state index contributed by atoms with van der Waals surface area (Å²) in [6.07, 6.45) is 0. The van der Waals surface area contributed by atoms with Crippen LogP contribution in [0.5, 0.6) is 0 Å². The van der Waals surface area contributed by atoms with E-state index in [0.717, 1.165) is 0 Å². The summed E-state index contributed by atoms with van der Waals surface area (Å²) in [5, 5.41) is 10.2. The smallest absolute Gasteiger partial charge is 0.00262 e. The molecule has 0 saturated heterocycles. The minimum absolute atomic E-state index is 1.26. The summed E-state index contributed by atoms with van der Waals surface area (Å²) >= 11 is 1.72. The molecule has 36 heavy (non-hydrogen) atoms. The molecule has 172 valence electrons. The first-order valence-electron chi connectivity index (χ1n) is 12.2. The van der Waals surface area contributed by atoms with Crippen LogP contribution in [0, 0.1) is 24.7 Å². The molecule has 0 aromatic heterocycles. The van der Waals surface area contributed by atoms with Gasteiger partial charge in [0.1, 0.15) is 0 Å². The second kappa shape index (κ2) is 9.84. The van der Waals surface area contributed by atoms with E-state index in [1.165, 1.54) is 65.3 Å². The molecule has 7 aromatic rings. The second-order valence-electron chi connectivity index (χ2n) is 8.97. The van der Waals surface area contributed by atoms with Crippen molar-refractivity contribution >= 4 is 43.1 Å². The zero-order valence-electron chi connectivity index (χ0n) is 20.1. The van der Waals surface area contributed by atoms with E-state index in [2.05, 4.69) is 138 Å². The number of hydrogen-bond donors (Lipinski definition) is 0. The fourth-order valence-corrected chi connectivity index (χ4v) is 5.44. The van der Waals surface area contributed by atoms with E-state index in [0.29, 0.717) is 0 Å². The Kier molecular flexibility index (Phi) is 6.26. The second-order valence-corrected chi connectivity index (χ2v) is 8.97. The first-order chi connectivity index (χ1) is 17.9. The van der Waals surface area contributed by atoms with E-state index in [1.54, 1.807) is 24.7 Å². The molecule has 0 unspecified atom stereocenters. The van der Waals surface area contributed by atoms with Crippen molar-refractivity contribution in [2.45, 2.75) is 4.63 Å². The van der Waals surface area contributed by atoms with E-state index < -0.39 is 0 Å². The third-order valence-corrected chi connectivity index (χ3v) is 7.01. The molecular formula is C35H25At. The fraction of sp³-hybridized carbons (Fsp3) is 0.0286. The van der Waals surface area contributed by atoms with Crippen LogP contribution in [0.3, 0.4) is 0 Å². The molecule has 0 radical (unpaired) electrons. The molecule has 0 N–H and O–H groups in total. The van der Waals surface area contributed by atoms with Crippen LogP contribution in [0.4, 0.5) is 0 Å². The zero-order valence-corrected chi connectivity index (χ0v) is 23.0. The summed E-state index contributed by atoms with van der Waals surface area (Å²) in [5.41, 5.74) is 5.13. The molecule has 1 heteroatoms. The van der Waals surface area contributed by atoms with Crippen LogP contribution in [-0.4, -0.2) is 0 Å². The van der Waals surface area contributed by atoms with Crippen molar-refractivity contribution < 1.29 is 24.7 Å². The van der Waals surface area contributed by atoms with E-state index in [1.807, 2.05) is 0 Å². The van der Waals surface area contributed by atoms with Crippen LogP contribution in [-0.2, 0) is 0 Å². The van der Waals surface area contributed by atoms with Crippen LogP contribution < -0.4 is 0 Å². The Morgan fingerprint density at radius 2 is 0.639 bits per heavy atom. The van der Waals surface area contributed by atoms with Crippen LogP contribution in [0.25, 0.3) is 65.3 Å². The molecule has 7 rings (SSSR count). The Morgan fingerprint density at radius 1 is 0.333 bits per heavy atom. The first-order valence-corrected chi connectivity index (χ1v) is 15.1. The molecule has 0 bridgehead atoms. The summed E-state index contributed by atoms with van der Waals surface area (Å²) < 4.78 is 2.06. The van der Waals surface area contributed by atoms with Crippen molar-refractivity contribution in [1.29, 1.82) is 0 Å². The van der Waals surface area contributed by atoms with E-state index >= 15 is 0 Å². The standard InChI is InChI=1S/C34H22.CH3At/c1-3-11-25-21-27(19-17-23(25)9-1)33-29-13-5-7-15-31(29)34(32-16-8-6-14-30(32)33)28-20-18-24-10-2-4-12-26(24)22-28;1-2/h1-22H;1H3. The van der Waals surface area contributed by atoms with E-state index in [4.69, 9.17) is 0 Å². The molecule has 0 aliphatic rings. The van der Waals surface area contributed by atoms with Gasteiger partial charge in [0, 0.05) is 0 Å². The minimum Gasteiger partial charge on any atom is -0.0616 e. The van der Waals surface area contributed by atoms with Crippen LogP contribution >= 0.6 is 0 Å². The zero-order chi connectivity index (χ0) is 24.5. The van der Waals surface area contributed by atoms with Crippen molar-refractivity contribution in [2.75, 3.05) is 0 Å². The summed E-state index contributed by atoms with van der Waals surface area (Å²) in [6.45, 7) is 0. The number of fused-ring (bicyclic) bond motifs is 4. The van der Waals surface area contributed by atoms with Gasteiger partial charge in [0.15, 0.2) is 0 Å². The average molecular weight is 656 g/mol. The fourth-order valence-electron chi connectivity index (χ4n) is 5.44. The molecule has 0 amide bonds. The molecule has 0 atom stereocenters. The van der Waals surface area contributed by atoms with Gasteiger partial charge in [0.2, 0.25) is 0 Å².